The number of amides is 1. The summed E-state index contributed by atoms with van der Waals surface area (Å²) >= 11 is 0. The molecule has 2 aliphatic heterocycles. The van der Waals surface area contributed by atoms with Gasteiger partial charge in [0.05, 0.1) is 24.2 Å². The van der Waals surface area contributed by atoms with Crippen LogP contribution in [0.5, 0.6) is 0 Å². The Morgan fingerprint density at radius 3 is 2.38 bits per heavy atom. The molecule has 5 rings (SSSR count). The average molecular weight is 464 g/mol. The van der Waals surface area contributed by atoms with E-state index in [1.165, 1.54) is 5.56 Å². The van der Waals surface area contributed by atoms with Crippen molar-refractivity contribution in [3.05, 3.63) is 64.8 Å². The van der Waals surface area contributed by atoms with Gasteiger partial charge in [0.2, 0.25) is 5.91 Å². The van der Waals surface area contributed by atoms with Crippen molar-refractivity contribution in [2.45, 2.75) is 44.8 Å². The van der Waals surface area contributed by atoms with Gasteiger partial charge in [0.15, 0.2) is 0 Å². The topological polar surface area (TPSA) is 83.6 Å². The Bertz CT molecular complexity index is 1170. The zero-order valence-corrected chi connectivity index (χ0v) is 19.6. The number of aliphatic hydroxyl groups is 1. The van der Waals surface area contributed by atoms with E-state index in [1.807, 2.05) is 46.0 Å². The molecule has 2 fully saturated rings. The number of piperidine rings is 2. The molecule has 2 aliphatic rings. The molecular formula is C26H33N5O3. The number of hydrogen-bond acceptors (Lipinski definition) is 5. The van der Waals surface area contributed by atoms with Gasteiger partial charge in [-0.1, -0.05) is 18.2 Å². The highest BCUT2D eigenvalue weighted by molar-refractivity contribution is 5.79. The van der Waals surface area contributed by atoms with Gasteiger partial charge in [-0.25, -0.2) is 4.79 Å². The maximum absolute atomic E-state index is 13.2. The van der Waals surface area contributed by atoms with Crippen LogP contribution in [-0.2, 0) is 17.9 Å². The predicted molar refractivity (Wildman–Crippen MR) is 130 cm³/mol. The Morgan fingerprint density at radius 2 is 1.71 bits per heavy atom. The largest absolute Gasteiger partial charge is 0.395 e. The molecule has 0 unspecified atom stereocenters. The number of aromatic nitrogens is 3. The third-order valence-electron chi connectivity index (χ3n) is 7.40. The first-order valence-electron chi connectivity index (χ1n) is 12.4. The zero-order chi connectivity index (χ0) is 23.5. The molecule has 0 aliphatic carbocycles. The first-order chi connectivity index (χ1) is 16.7. The van der Waals surface area contributed by atoms with Crippen molar-refractivity contribution in [1.29, 1.82) is 0 Å². The summed E-state index contributed by atoms with van der Waals surface area (Å²) in [6, 6.07) is 11.9. The van der Waals surface area contributed by atoms with Crippen LogP contribution in [0.3, 0.4) is 0 Å². The molecule has 1 aromatic carbocycles. The van der Waals surface area contributed by atoms with Crippen molar-refractivity contribution in [2.24, 2.45) is 5.92 Å². The highest BCUT2D eigenvalue weighted by Crippen LogP contribution is 2.28. The number of para-hydroxylation sites is 2. The summed E-state index contributed by atoms with van der Waals surface area (Å²) in [6.07, 6.45) is 7.05. The van der Waals surface area contributed by atoms with Gasteiger partial charge in [-0.3, -0.25) is 23.8 Å². The summed E-state index contributed by atoms with van der Waals surface area (Å²) in [5, 5.41) is 9.41. The lowest BCUT2D eigenvalue weighted by atomic mass is 9.93. The van der Waals surface area contributed by atoms with Crippen LogP contribution < -0.4 is 5.69 Å². The van der Waals surface area contributed by atoms with Crippen molar-refractivity contribution in [3.8, 4) is 0 Å². The third kappa shape index (κ3) is 4.52. The van der Waals surface area contributed by atoms with E-state index in [9.17, 15) is 14.7 Å². The summed E-state index contributed by atoms with van der Waals surface area (Å²) in [6.45, 7) is 4.35. The van der Waals surface area contributed by atoms with Crippen molar-refractivity contribution in [1.82, 2.24) is 23.9 Å². The van der Waals surface area contributed by atoms with Crippen LogP contribution >= 0.6 is 0 Å². The van der Waals surface area contributed by atoms with Crippen LogP contribution in [0.25, 0.3) is 11.0 Å². The molecule has 180 valence electrons. The molecule has 0 atom stereocenters. The number of imidazole rings is 1. The molecule has 0 spiro atoms. The fourth-order valence-corrected chi connectivity index (χ4v) is 5.59. The van der Waals surface area contributed by atoms with E-state index >= 15 is 0 Å². The van der Waals surface area contributed by atoms with E-state index in [-0.39, 0.29) is 30.2 Å². The number of rotatable bonds is 6. The molecule has 0 radical (unpaired) electrons. The normalized spacial score (nSPS) is 18.6. The van der Waals surface area contributed by atoms with Crippen molar-refractivity contribution >= 4 is 16.9 Å². The van der Waals surface area contributed by atoms with Gasteiger partial charge in [0, 0.05) is 44.0 Å². The molecule has 3 aromatic rings. The molecule has 34 heavy (non-hydrogen) atoms. The van der Waals surface area contributed by atoms with Crippen LogP contribution in [0.15, 0.2) is 53.6 Å². The first-order valence-corrected chi connectivity index (χ1v) is 12.4. The lowest BCUT2D eigenvalue weighted by molar-refractivity contribution is -0.138. The summed E-state index contributed by atoms with van der Waals surface area (Å²) in [5.74, 6) is 0.366. The number of fused-ring (bicyclic) bond motifs is 1. The minimum absolute atomic E-state index is 0.0675. The number of aliphatic hydroxyl groups excluding tert-OH is 1. The molecule has 0 saturated carbocycles. The minimum Gasteiger partial charge on any atom is -0.395 e. The van der Waals surface area contributed by atoms with Gasteiger partial charge in [0.1, 0.15) is 0 Å². The van der Waals surface area contributed by atoms with Gasteiger partial charge in [0.25, 0.3) is 0 Å². The van der Waals surface area contributed by atoms with E-state index in [2.05, 4.69) is 16.0 Å². The number of carbonyl (C=O) groups is 1. The molecule has 0 bridgehead atoms. The second-order valence-electron chi connectivity index (χ2n) is 9.48. The smallest absolute Gasteiger partial charge is 0.329 e. The summed E-state index contributed by atoms with van der Waals surface area (Å²) in [4.78, 5) is 35.0. The maximum Gasteiger partial charge on any atom is 0.329 e. The van der Waals surface area contributed by atoms with Crippen molar-refractivity contribution in [3.63, 3.8) is 0 Å². The van der Waals surface area contributed by atoms with Gasteiger partial charge in [-0.05, 0) is 62.5 Å². The average Bonchev–Trinajstić information content (AvgIpc) is 3.16. The lowest BCUT2D eigenvalue weighted by Gasteiger charge is -2.37. The SMILES string of the molecule is O=C(C1CCN(Cc2cccnc2)CC1)N1CCC(n2c(=O)n(CCO)c3ccccc32)CC1. The number of benzene rings is 1. The van der Waals surface area contributed by atoms with E-state index in [0.29, 0.717) is 19.6 Å². The zero-order valence-electron chi connectivity index (χ0n) is 19.6. The predicted octanol–water partition coefficient (Wildman–Crippen LogP) is 2.27. The van der Waals surface area contributed by atoms with E-state index in [4.69, 9.17) is 0 Å². The van der Waals surface area contributed by atoms with Gasteiger partial charge < -0.3 is 10.0 Å². The molecule has 4 heterocycles. The fourth-order valence-electron chi connectivity index (χ4n) is 5.59. The van der Waals surface area contributed by atoms with E-state index in [1.54, 1.807) is 10.8 Å². The fraction of sp³-hybridized carbons (Fsp3) is 0.500. The van der Waals surface area contributed by atoms with E-state index < -0.39 is 0 Å². The van der Waals surface area contributed by atoms with Crippen molar-refractivity contribution < 1.29 is 9.90 Å². The Hall–Kier alpha value is -2.97. The molecule has 8 heteroatoms. The second kappa shape index (κ2) is 10.1. The number of carbonyl (C=O) groups excluding carboxylic acids is 1. The van der Waals surface area contributed by atoms with Crippen LogP contribution in [0.4, 0.5) is 0 Å². The molecular weight excluding hydrogens is 430 g/mol. The van der Waals surface area contributed by atoms with Crippen LogP contribution in [-0.4, -0.2) is 67.7 Å². The highest BCUT2D eigenvalue weighted by Gasteiger charge is 2.32. The Morgan fingerprint density at radius 1 is 0.971 bits per heavy atom. The Balaban J connectivity index is 1.19. The summed E-state index contributed by atoms with van der Waals surface area (Å²) < 4.78 is 3.54. The number of pyridine rings is 1. The van der Waals surface area contributed by atoms with Crippen LogP contribution in [0.2, 0.25) is 0 Å². The maximum atomic E-state index is 13.2. The van der Waals surface area contributed by atoms with E-state index in [0.717, 1.165) is 56.4 Å². The van der Waals surface area contributed by atoms with Gasteiger partial charge in [-0.2, -0.15) is 0 Å². The van der Waals surface area contributed by atoms with Crippen molar-refractivity contribution in [2.75, 3.05) is 32.8 Å². The number of nitrogens with zero attached hydrogens (tertiary/aromatic N) is 5. The Labute approximate surface area is 199 Å². The molecule has 2 saturated heterocycles. The second-order valence-corrected chi connectivity index (χ2v) is 9.48. The highest BCUT2D eigenvalue weighted by atomic mass is 16.3. The van der Waals surface area contributed by atoms with Crippen LogP contribution in [0, 0.1) is 5.92 Å². The lowest BCUT2D eigenvalue weighted by Crippen LogP contribution is -2.46. The van der Waals surface area contributed by atoms with Crippen LogP contribution in [0.1, 0.15) is 37.3 Å². The minimum atomic E-state index is -0.0685. The van der Waals surface area contributed by atoms with Gasteiger partial charge >= 0.3 is 5.69 Å². The first kappa shape index (κ1) is 22.8. The van der Waals surface area contributed by atoms with Gasteiger partial charge in [-0.15, -0.1) is 0 Å². The Kier molecular flexibility index (Phi) is 6.78. The summed E-state index contributed by atoms with van der Waals surface area (Å²) in [5.41, 5.74) is 2.91. The standard InChI is InChI=1S/C26H33N5O3/c32-17-16-30-23-5-1-2-6-24(23)31(26(30)34)22-9-14-29(15-10-22)25(33)21-7-12-28(13-8-21)19-20-4-3-11-27-18-20/h1-6,11,18,21-22,32H,7-10,12-17,19H2. The third-order valence-corrected chi connectivity index (χ3v) is 7.40. The number of likely N-dealkylation sites (tertiary alicyclic amines) is 2. The quantitative estimate of drug-likeness (QED) is 0.606. The molecule has 1 N–H and O–H groups in total. The monoisotopic (exact) mass is 463 g/mol. The summed E-state index contributed by atoms with van der Waals surface area (Å²) in [7, 11) is 0. The molecule has 2 aromatic heterocycles. The molecule has 1 amide bonds. The molecule has 8 nitrogen and oxygen atoms in total. The number of hydrogen-bond donors (Lipinski definition) is 1.